The Morgan fingerprint density at radius 3 is 2.35 bits per heavy atom. The standard InChI is InChI=1S/C24H28Cl2F3N3O4S/c1-4-30-23(34)16(2)31(15-17-10-11-19(25)14-21(17)26)22(33)9-6-12-32(37(3,35)36)20-8-5-7-18(13-20)24(27,28)29/h5,7-8,10-11,13-14,16H,4,6,9,12,15H2,1-3H3,(H,30,34)/t16-/m0/s1. The topological polar surface area (TPSA) is 86.8 Å². The zero-order valence-electron chi connectivity index (χ0n) is 20.5. The van der Waals surface area contributed by atoms with Crippen LogP contribution in [0.3, 0.4) is 0 Å². The summed E-state index contributed by atoms with van der Waals surface area (Å²) in [6.07, 6.45) is -3.94. The van der Waals surface area contributed by atoms with Gasteiger partial charge in [0.05, 0.1) is 17.5 Å². The van der Waals surface area contributed by atoms with E-state index in [-0.39, 0.29) is 37.5 Å². The minimum absolute atomic E-state index is 0.00342. The van der Waals surface area contributed by atoms with Gasteiger partial charge in [0.1, 0.15) is 6.04 Å². The van der Waals surface area contributed by atoms with Gasteiger partial charge in [0.25, 0.3) is 0 Å². The highest BCUT2D eigenvalue weighted by molar-refractivity contribution is 7.92. The van der Waals surface area contributed by atoms with E-state index < -0.39 is 33.7 Å². The Hall–Kier alpha value is -2.50. The molecule has 0 aliphatic carbocycles. The molecule has 0 radical (unpaired) electrons. The number of sulfonamides is 1. The second kappa shape index (κ2) is 12.8. The second-order valence-electron chi connectivity index (χ2n) is 8.31. The highest BCUT2D eigenvalue weighted by Gasteiger charge is 2.32. The third kappa shape index (κ3) is 8.79. The van der Waals surface area contributed by atoms with Crippen LogP contribution in [0, 0.1) is 0 Å². The number of carbonyl (C=O) groups excluding carboxylic acids is 2. The fraction of sp³-hybridized carbons (Fsp3) is 0.417. The van der Waals surface area contributed by atoms with Gasteiger partial charge < -0.3 is 10.2 Å². The van der Waals surface area contributed by atoms with E-state index in [1.165, 1.54) is 17.0 Å². The normalized spacial score (nSPS) is 12.6. The molecule has 1 N–H and O–H groups in total. The number of nitrogens with one attached hydrogen (secondary N) is 1. The Labute approximate surface area is 224 Å². The number of carbonyl (C=O) groups is 2. The van der Waals surface area contributed by atoms with Crippen molar-refractivity contribution in [2.45, 2.75) is 45.5 Å². The van der Waals surface area contributed by atoms with Gasteiger partial charge >= 0.3 is 6.18 Å². The first-order chi connectivity index (χ1) is 17.1. The third-order valence-electron chi connectivity index (χ3n) is 5.49. The van der Waals surface area contributed by atoms with Crippen molar-refractivity contribution in [1.29, 1.82) is 0 Å². The summed E-state index contributed by atoms with van der Waals surface area (Å²) < 4.78 is 64.9. The lowest BCUT2D eigenvalue weighted by molar-refractivity contribution is -0.140. The number of alkyl halides is 3. The van der Waals surface area contributed by atoms with Crippen LogP contribution in [0.1, 0.15) is 37.8 Å². The zero-order chi connectivity index (χ0) is 28.0. The molecule has 0 heterocycles. The number of halogens is 5. The molecule has 7 nitrogen and oxygen atoms in total. The summed E-state index contributed by atoms with van der Waals surface area (Å²) in [6, 6.07) is 7.84. The molecule has 37 heavy (non-hydrogen) atoms. The predicted molar refractivity (Wildman–Crippen MR) is 138 cm³/mol. The average molecular weight is 582 g/mol. The quantitative estimate of drug-likeness (QED) is 0.399. The monoisotopic (exact) mass is 581 g/mol. The number of nitrogens with zero attached hydrogens (tertiary/aromatic N) is 2. The smallest absolute Gasteiger partial charge is 0.355 e. The molecule has 204 valence electrons. The summed E-state index contributed by atoms with van der Waals surface area (Å²) in [7, 11) is -3.95. The molecule has 0 bridgehead atoms. The number of hydrogen-bond donors (Lipinski definition) is 1. The molecule has 0 unspecified atom stereocenters. The highest BCUT2D eigenvalue weighted by Crippen LogP contribution is 2.32. The molecule has 0 spiro atoms. The molecule has 0 saturated carbocycles. The van der Waals surface area contributed by atoms with Gasteiger partial charge in [-0.15, -0.1) is 0 Å². The number of rotatable bonds is 11. The summed E-state index contributed by atoms with van der Waals surface area (Å²) in [5.41, 5.74) is -0.598. The molecular formula is C24H28Cl2F3N3O4S. The van der Waals surface area contributed by atoms with E-state index in [1.807, 2.05) is 0 Å². The molecule has 2 aromatic rings. The van der Waals surface area contributed by atoms with Gasteiger partial charge in [-0.05, 0) is 56.2 Å². The van der Waals surface area contributed by atoms with E-state index >= 15 is 0 Å². The zero-order valence-corrected chi connectivity index (χ0v) is 22.8. The van der Waals surface area contributed by atoms with Crippen molar-refractivity contribution in [2.24, 2.45) is 0 Å². The molecule has 0 aliphatic rings. The third-order valence-corrected chi connectivity index (χ3v) is 7.27. The minimum Gasteiger partial charge on any atom is -0.355 e. The van der Waals surface area contributed by atoms with Crippen molar-refractivity contribution in [1.82, 2.24) is 10.2 Å². The second-order valence-corrected chi connectivity index (χ2v) is 11.1. The minimum atomic E-state index is -4.65. The molecule has 2 amide bonds. The number of likely N-dealkylation sites (N-methyl/N-ethyl adjacent to an activating group) is 1. The first kappa shape index (κ1) is 30.7. The number of amides is 2. The molecule has 0 saturated heterocycles. The Bertz CT molecular complexity index is 1230. The van der Waals surface area contributed by atoms with Gasteiger partial charge in [-0.2, -0.15) is 13.2 Å². The van der Waals surface area contributed by atoms with Crippen molar-refractivity contribution >= 4 is 50.7 Å². The lowest BCUT2D eigenvalue weighted by atomic mass is 10.1. The summed E-state index contributed by atoms with van der Waals surface area (Å²) in [5.74, 6) is -0.843. The van der Waals surface area contributed by atoms with E-state index in [2.05, 4.69) is 5.32 Å². The number of benzene rings is 2. The first-order valence-electron chi connectivity index (χ1n) is 11.3. The maximum Gasteiger partial charge on any atom is 0.416 e. The van der Waals surface area contributed by atoms with Crippen molar-refractivity contribution in [3.63, 3.8) is 0 Å². The van der Waals surface area contributed by atoms with Crippen molar-refractivity contribution in [2.75, 3.05) is 23.7 Å². The molecule has 0 aromatic heterocycles. The maximum absolute atomic E-state index is 13.2. The summed E-state index contributed by atoms with van der Waals surface area (Å²) in [4.78, 5) is 27.0. The Balaban J connectivity index is 2.23. The van der Waals surface area contributed by atoms with E-state index in [1.54, 1.807) is 26.0 Å². The van der Waals surface area contributed by atoms with E-state index in [9.17, 15) is 31.2 Å². The molecule has 0 aliphatic heterocycles. The lowest BCUT2D eigenvalue weighted by Gasteiger charge is -2.29. The van der Waals surface area contributed by atoms with Crippen LogP contribution in [0.25, 0.3) is 0 Å². The molecule has 2 rings (SSSR count). The van der Waals surface area contributed by atoms with Gasteiger partial charge in [-0.25, -0.2) is 8.42 Å². The largest absolute Gasteiger partial charge is 0.416 e. The predicted octanol–water partition coefficient (Wildman–Crippen LogP) is 5.11. The van der Waals surface area contributed by atoms with Crippen LogP contribution in [0.2, 0.25) is 10.0 Å². The van der Waals surface area contributed by atoms with Gasteiger partial charge in [-0.1, -0.05) is 35.3 Å². The fourth-order valence-corrected chi connectivity index (χ4v) is 5.00. The molecular weight excluding hydrogens is 554 g/mol. The van der Waals surface area contributed by atoms with Crippen LogP contribution in [-0.4, -0.2) is 50.5 Å². The molecule has 2 aromatic carbocycles. The van der Waals surface area contributed by atoms with Crippen molar-refractivity contribution in [3.05, 3.63) is 63.6 Å². The van der Waals surface area contributed by atoms with Crippen LogP contribution < -0.4 is 9.62 Å². The number of hydrogen-bond acceptors (Lipinski definition) is 4. The van der Waals surface area contributed by atoms with Gasteiger partial charge in [0.2, 0.25) is 21.8 Å². The molecule has 13 heteroatoms. The van der Waals surface area contributed by atoms with E-state index in [0.29, 0.717) is 22.2 Å². The maximum atomic E-state index is 13.2. The van der Waals surface area contributed by atoms with Crippen LogP contribution >= 0.6 is 23.2 Å². The van der Waals surface area contributed by atoms with Crippen LogP contribution in [0.4, 0.5) is 18.9 Å². The van der Waals surface area contributed by atoms with Crippen LogP contribution in [-0.2, 0) is 32.3 Å². The Morgan fingerprint density at radius 1 is 1.11 bits per heavy atom. The van der Waals surface area contributed by atoms with Gasteiger partial charge in [0, 0.05) is 36.1 Å². The SMILES string of the molecule is CCNC(=O)[C@H](C)N(Cc1ccc(Cl)cc1Cl)C(=O)CCCN(c1cccc(C(F)(F)F)c1)S(C)(=O)=O. The van der Waals surface area contributed by atoms with Crippen molar-refractivity contribution in [3.8, 4) is 0 Å². The van der Waals surface area contributed by atoms with Crippen LogP contribution in [0.15, 0.2) is 42.5 Å². The van der Waals surface area contributed by atoms with Crippen LogP contribution in [0.5, 0.6) is 0 Å². The summed E-state index contributed by atoms with van der Waals surface area (Å²) >= 11 is 12.2. The number of anilines is 1. The lowest BCUT2D eigenvalue weighted by Crippen LogP contribution is -2.47. The summed E-state index contributed by atoms with van der Waals surface area (Å²) in [5, 5.41) is 3.37. The first-order valence-corrected chi connectivity index (χ1v) is 13.9. The highest BCUT2D eigenvalue weighted by atomic mass is 35.5. The van der Waals surface area contributed by atoms with Gasteiger partial charge in [0.15, 0.2) is 0 Å². The Kier molecular flexibility index (Phi) is 10.7. The Morgan fingerprint density at radius 2 is 1.78 bits per heavy atom. The average Bonchev–Trinajstić information content (AvgIpc) is 2.79. The van der Waals surface area contributed by atoms with Gasteiger partial charge in [-0.3, -0.25) is 13.9 Å². The van der Waals surface area contributed by atoms with E-state index in [4.69, 9.17) is 23.2 Å². The molecule has 0 fully saturated rings. The van der Waals surface area contributed by atoms with E-state index in [0.717, 1.165) is 28.8 Å². The van der Waals surface area contributed by atoms with Crippen molar-refractivity contribution < 1.29 is 31.2 Å². The fourth-order valence-electron chi connectivity index (χ4n) is 3.58. The summed E-state index contributed by atoms with van der Waals surface area (Å²) in [6.45, 7) is 3.40. The molecule has 1 atom stereocenters.